The fraction of sp³-hybridized carbons (Fsp3) is 0.0968. The van der Waals surface area contributed by atoms with Gasteiger partial charge in [-0.1, -0.05) is 116 Å². The molecule has 5 rings (SSSR count). The zero-order valence-corrected chi connectivity index (χ0v) is 19.9. The predicted octanol–water partition coefficient (Wildman–Crippen LogP) is 7.42. The Morgan fingerprint density at radius 2 is 1.41 bits per heavy atom. The Kier molecular flexibility index (Phi) is 12.1. The maximum atomic E-state index is 5.37. The van der Waals surface area contributed by atoms with E-state index in [2.05, 4.69) is 71.9 Å². The monoisotopic (exact) mass is 449 g/mol. The van der Waals surface area contributed by atoms with Crippen molar-refractivity contribution in [2.75, 3.05) is 7.05 Å². The van der Waals surface area contributed by atoms with E-state index in [1.165, 1.54) is 42.6 Å². The van der Waals surface area contributed by atoms with Crippen molar-refractivity contribution in [1.29, 1.82) is 0 Å². The molecule has 1 aromatic heterocycles. The number of aromatic amines is 1. The minimum absolute atomic E-state index is 1.00. The molecule has 0 saturated heterocycles. The van der Waals surface area contributed by atoms with Gasteiger partial charge in [0.25, 0.3) is 0 Å². The lowest BCUT2D eigenvalue weighted by molar-refractivity contribution is 1.05. The lowest BCUT2D eigenvalue weighted by Gasteiger charge is -2.08. The van der Waals surface area contributed by atoms with Gasteiger partial charge in [0.2, 0.25) is 0 Å². The molecule has 0 saturated carbocycles. The minimum atomic E-state index is 1.00. The van der Waals surface area contributed by atoms with Gasteiger partial charge >= 0.3 is 0 Å². The summed E-state index contributed by atoms with van der Waals surface area (Å²) in [6.45, 7) is 3.80. The summed E-state index contributed by atoms with van der Waals surface area (Å²) in [4.78, 5) is 3.28. The molecule has 3 nitrogen and oxygen atoms in total. The average molecular weight is 450 g/mol. The highest BCUT2D eigenvalue weighted by Crippen LogP contribution is 2.24. The number of aromatic nitrogens is 1. The molecule has 1 heterocycles. The van der Waals surface area contributed by atoms with Gasteiger partial charge in [-0.05, 0) is 49.4 Å². The third-order valence-corrected chi connectivity index (χ3v) is 5.07. The number of rotatable bonds is 3. The summed E-state index contributed by atoms with van der Waals surface area (Å²) in [7, 11) is 1.50. The number of hydrogen-bond donors (Lipinski definition) is 3. The molecular formula is C31H35N3. The van der Waals surface area contributed by atoms with Crippen molar-refractivity contribution in [3.8, 4) is 0 Å². The second kappa shape index (κ2) is 15.7. The zero-order chi connectivity index (χ0) is 24.4. The molecule has 0 fully saturated rings. The van der Waals surface area contributed by atoms with Gasteiger partial charge in [0.05, 0.1) is 0 Å². The van der Waals surface area contributed by atoms with Crippen LogP contribution >= 0.6 is 0 Å². The van der Waals surface area contributed by atoms with E-state index in [0.717, 1.165) is 16.8 Å². The number of allylic oxidation sites excluding steroid dienone is 4. The van der Waals surface area contributed by atoms with Crippen LogP contribution in [0.4, 0.5) is 0 Å². The van der Waals surface area contributed by atoms with Gasteiger partial charge in [0.15, 0.2) is 0 Å². The molecule has 34 heavy (non-hydrogen) atoms. The fourth-order valence-corrected chi connectivity index (χ4v) is 3.51. The summed E-state index contributed by atoms with van der Waals surface area (Å²) in [5.41, 5.74) is 15.9. The van der Waals surface area contributed by atoms with Crippen LogP contribution in [-0.2, 0) is 0 Å². The summed E-state index contributed by atoms with van der Waals surface area (Å²) in [6.07, 6.45) is 14.1. The van der Waals surface area contributed by atoms with E-state index in [1.807, 2.05) is 66.7 Å². The number of para-hydroxylation sites is 1. The van der Waals surface area contributed by atoms with Crippen molar-refractivity contribution >= 4 is 28.6 Å². The predicted molar refractivity (Wildman–Crippen MR) is 151 cm³/mol. The van der Waals surface area contributed by atoms with Gasteiger partial charge in [-0.25, -0.2) is 0 Å². The topological polar surface area (TPSA) is 67.8 Å². The van der Waals surface area contributed by atoms with E-state index in [1.54, 1.807) is 0 Å². The largest absolute Gasteiger partial charge is 0.405 e. The van der Waals surface area contributed by atoms with Crippen LogP contribution in [0.3, 0.4) is 0 Å². The van der Waals surface area contributed by atoms with Crippen LogP contribution in [0.25, 0.3) is 28.6 Å². The molecule has 1 aliphatic rings. The van der Waals surface area contributed by atoms with Gasteiger partial charge in [-0.2, -0.15) is 0 Å². The third-order valence-electron chi connectivity index (χ3n) is 5.07. The third kappa shape index (κ3) is 8.12. The molecule has 0 aliphatic heterocycles. The molecule has 5 N–H and O–H groups in total. The lowest BCUT2D eigenvalue weighted by Crippen LogP contribution is -1.86. The molecule has 0 radical (unpaired) electrons. The highest BCUT2D eigenvalue weighted by Gasteiger charge is 2.04. The van der Waals surface area contributed by atoms with Crippen LogP contribution in [-0.4, -0.2) is 12.0 Å². The van der Waals surface area contributed by atoms with Crippen molar-refractivity contribution < 1.29 is 0 Å². The van der Waals surface area contributed by atoms with Crippen LogP contribution in [0, 0.1) is 0 Å². The van der Waals surface area contributed by atoms with E-state index < -0.39 is 0 Å². The van der Waals surface area contributed by atoms with E-state index in [-0.39, 0.29) is 0 Å². The summed E-state index contributed by atoms with van der Waals surface area (Å²) >= 11 is 0. The molecule has 0 atom stereocenters. The molecule has 0 bridgehead atoms. The van der Waals surface area contributed by atoms with Crippen LogP contribution < -0.4 is 11.5 Å². The Morgan fingerprint density at radius 1 is 0.824 bits per heavy atom. The molecule has 4 aromatic rings. The molecule has 174 valence electrons. The number of H-pyrrole nitrogens is 1. The first kappa shape index (κ1) is 26.2. The minimum Gasteiger partial charge on any atom is -0.405 e. The van der Waals surface area contributed by atoms with Crippen LogP contribution in [0.2, 0.25) is 0 Å². The fourth-order valence-electron chi connectivity index (χ4n) is 3.51. The van der Waals surface area contributed by atoms with Gasteiger partial charge in [-0.3, -0.25) is 0 Å². The summed E-state index contributed by atoms with van der Waals surface area (Å²) < 4.78 is 0. The Morgan fingerprint density at radius 3 is 1.97 bits per heavy atom. The van der Waals surface area contributed by atoms with Crippen molar-refractivity contribution in [1.82, 2.24) is 4.98 Å². The van der Waals surface area contributed by atoms with E-state index in [9.17, 15) is 0 Å². The highest BCUT2D eigenvalue weighted by atomic mass is 14.7. The number of nitrogens with one attached hydrogen (secondary N) is 1. The van der Waals surface area contributed by atoms with Crippen LogP contribution in [0.1, 0.15) is 29.7 Å². The Bertz CT molecular complexity index is 1160. The van der Waals surface area contributed by atoms with Crippen LogP contribution in [0.5, 0.6) is 0 Å². The number of benzene rings is 3. The molecule has 0 amide bonds. The summed E-state index contributed by atoms with van der Waals surface area (Å²) in [5.74, 6) is 0. The van der Waals surface area contributed by atoms with Crippen molar-refractivity contribution in [3.05, 3.63) is 139 Å². The molecule has 3 heteroatoms. The normalized spacial score (nSPS) is 11.8. The van der Waals surface area contributed by atoms with E-state index in [0.29, 0.717) is 0 Å². The van der Waals surface area contributed by atoms with E-state index >= 15 is 0 Å². The Balaban J connectivity index is 0.000000185. The van der Waals surface area contributed by atoms with Crippen molar-refractivity contribution in [2.24, 2.45) is 11.5 Å². The Labute approximate surface area is 203 Å². The Hall–Kier alpha value is -4.08. The van der Waals surface area contributed by atoms with Crippen LogP contribution in [0.15, 0.2) is 122 Å². The SMILES string of the molecule is C1=CCCC(c2ccccc2)=C1.C=Cc1c(/C=C\N)[nH]c2ccccc12.CN.c1ccccc1. The lowest BCUT2D eigenvalue weighted by atomic mass is 9.98. The maximum absolute atomic E-state index is 5.37. The van der Waals surface area contributed by atoms with Gasteiger partial charge in [-0.15, -0.1) is 0 Å². The molecule has 0 unspecified atom stereocenters. The molecular weight excluding hydrogens is 414 g/mol. The summed E-state index contributed by atoms with van der Waals surface area (Å²) in [5, 5.41) is 1.18. The summed E-state index contributed by atoms with van der Waals surface area (Å²) in [6, 6.07) is 30.7. The standard InChI is InChI=1S/C12H12N2.C12H12.C6H6.CH5N/c1-2-9-10-5-3-4-6-11(10)14-12(9)7-8-13;1-3-7-11(8-4-1)12-9-5-2-6-10-12;1-2-4-6-5-3-1;1-2/h2-8,14H,1,13H2;1-5,7-9H,6,10H2;1-6H;2H2,1H3/b8-7-;;;. The first-order valence-electron chi connectivity index (χ1n) is 11.4. The molecule has 3 aromatic carbocycles. The average Bonchev–Trinajstić information content (AvgIpc) is 3.30. The smallest absolute Gasteiger partial charge is 0.0479 e. The number of hydrogen-bond acceptors (Lipinski definition) is 2. The number of fused-ring (bicyclic) bond motifs is 1. The quantitative estimate of drug-likeness (QED) is 0.304. The first-order valence-corrected chi connectivity index (χ1v) is 11.4. The van der Waals surface area contributed by atoms with Crippen molar-refractivity contribution in [2.45, 2.75) is 12.8 Å². The maximum Gasteiger partial charge on any atom is 0.0479 e. The van der Waals surface area contributed by atoms with E-state index in [4.69, 9.17) is 5.73 Å². The number of nitrogens with two attached hydrogens (primary N) is 2. The molecule has 1 aliphatic carbocycles. The second-order valence-electron chi connectivity index (χ2n) is 7.24. The van der Waals surface area contributed by atoms with Gasteiger partial charge < -0.3 is 16.5 Å². The second-order valence-corrected chi connectivity index (χ2v) is 7.24. The van der Waals surface area contributed by atoms with Gasteiger partial charge in [0.1, 0.15) is 0 Å². The zero-order valence-electron chi connectivity index (χ0n) is 19.9. The van der Waals surface area contributed by atoms with Crippen molar-refractivity contribution in [3.63, 3.8) is 0 Å². The first-order chi connectivity index (χ1) is 16.8. The molecule has 0 spiro atoms. The highest BCUT2D eigenvalue weighted by molar-refractivity contribution is 5.92. The van der Waals surface area contributed by atoms with Gasteiger partial charge in [0, 0.05) is 22.2 Å².